The maximum atomic E-state index is 13.5. The lowest BCUT2D eigenvalue weighted by molar-refractivity contribution is -0.116. The van der Waals surface area contributed by atoms with Crippen LogP contribution in [-0.2, 0) is 4.79 Å². The second-order valence-corrected chi connectivity index (χ2v) is 8.36. The van der Waals surface area contributed by atoms with E-state index in [9.17, 15) is 9.59 Å². The van der Waals surface area contributed by atoms with Crippen LogP contribution in [0.4, 0.5) is 0 Å². The summed E-state index contributed by atoms with van der Waals surface area (Å²) in [5.74, 6) is -0.405. The van der Waals surface area contributed by atoms with E-state index in [-0.39, 0.29) is 29.6 Å². The first-order valence-electron chi connectivity index (χ1n) is 10.2. The zero-order valence-corrected chi connectivity index (χ0v) is 17.8. The lowest BCUT2D eigenvalue weighted by Gasteiger charge is -2.40. The number of ketones is 2. The molecule has 4 heteroatoms. The van der Waals surface area contributed by atoms with Crippen LogP contribution in [-0.4, -0.2) is 16.5 Å². The predicted molar refractivity (Wildman–Crippen MR) is 124 cm³/mol. The molecule has 3 nitrogen and oxygen atoms in total. The fourth-order valence-electron chi connectivity index (χ4n) is 4.40. The van der Waals surface area contributed by atoms with E-state index in [0.717, 1.165) is 22.3 Å². The van der Waals surface area contributed by atoms with Gasteiger partial charge in [-0.3, -0.25) is 9.59 Å². The molecule has 2 aliphatic heterocycles. The van der Waals surface area contributed by atoms with Crippen LogP contribution in [0.15, 0.2) is 84.6 Å². The zero-order chi connectivity index (χ0) is 21.5. The van der Waals surface area contributed by atoms with E-state index in [0.29, 0.717) is 16.3 Å². The van der Waals surface area contributed by atoms with Crippen LogP contribution < -0.4 is 0 Å². The molecule has 0 spiro atoms. The van der Waals surface area contributed by atoms with Gasteiger partial charge in [0.2, 0.25) is 0 Å². The Morgan fingerprint density at radius 1 is 1.00 bits per heavy atom. The van der Waals surface area contributed by atoms with Gasteiger partial charge in [0, 0.05) is 28.8 Å². The van der Waals surface area contributed by atoms with Gasteiger partial charge in [-0.15, -0.1) is 0 Å². The van der Waals surface area contributed by atoms with E-state index in [1.807, 2.05) is 61.7 Å². The average Bonchev–Trinajstić information content (AvgIpc) is 2.78. The molecule has 3 aromatic rings. The highest BCUT2D eigenvalue weighted by atomic mass is 35.5. The number of carbonyl (C=O) groups is 2. The number of allylic oxidation sites excluding steroid dienone is 1. The van der Waals surface area contributed by atoms with Crippen molar-refractivity contribution in [3.63, 3.8) is 0 Å². The Bertz CT molecular complexity index is 1270. The molecule has 0 amide bonds. The van der Waals surface area contributed by atoms with Gasteiger partial charge in [-0.1, -0.05) is 65.7 Å². The molecule has 5 rings (SSSR count). The molecule has 0 saturated heterocycles. The Morgan fingerprint density at radius 3 is 2.55 bits per heavy atom. The van der Waals surface area contributed by atoms with Gasteiger partial charge >= 0.3 is 0 Å². The summed E-state index contributed by atoms with van der Waals surface area (Å²) in [6.45, 7) is 2.04. The second kappa shape index (κ2) is 7.68. The third-order valence-electron chi connectivity index (χ3n) is 5.88. The van der Waals surface area contributed by atoms with Crippen LogP contribution in [0.1, 0.15) is 45.1 Å². The van der Waals surface area contributed by atoms with Crippen molar-refractivity contribution in [1.29, 1.82) is 0 Å². The number of Topliss-reactive ketones (excluding diaryl/α,β-unsaturated/α-hetero) is 2. The van der Waals surface area contributed by atoms with Gasteiger partial charge in [0.05, 0.1) is 17.3 Å². The van der Waals surface area contributed by atoms with Gasteiger partial charge < -0.3 is 4.90 Å². The predicted octanol–water partition coefficient (Wildman–Crippen LogP) is 6.24. The van der Waals surface area contributed by atoms with E-state index in [1.165, 1.54) is 0 Å². The highest BCUT2D eigenvalue weighted by molar-refractivity contribution is 6.32. The highest BCUT2D eigenvalue weighted by Crippen LogP contribution is 2.44. The second-order valence-electron chi connectivity index (χ2n) is 7.93. The minimum atomic E-state index is -0.269. The number of carbonyl (C=O) groups excluding carboxylic acids is 2. The third kappa shape index (κ3) is 3.41. The fraction of sp³-hybridized carbons (Fsp3) is 0.111. The number of benzene rings is 3. The maximum absolute atomic E-state index is 13.5. The molecule has 152 valence electrons. The third-order valence-corrected chi connectivity index (χ3v) is 6.13. The number of rotatable bonds is 3. The minimum Gasteiger partial charge on any atom is -0.339 e. The Balaban J connectivity index is 1.71. The van der Waals surface area contributed by atoms with Crippen LogP contribution in [0.25, 0.3) is 11.8 Å². The van der Waals surface area contributed by atoms with Gasteiger partial charge in [-0.2, -0.15) is 0 Å². The lowest BCUT2D eigenvalue weighted by atomic mass is 9.82. The summed E-state index contributed by atoms with van der Waals surface area (Å²) in [7, 11) is 0. The summed E-state index contributed by atoms with van der Waals surface area (Å²) in [6, 6.07) is 22.6. The number of hydrogen-bond donors (Lipinski definition) is 0. The van der Waals surface area contributed by atoms with Crippen molar-refractivity contribution in [3.05, 3.63) is 117 Å². The van der Waals surface area contributed by atoms with Crippen LogP contribution in [0.5, 0.6) is 0 Å². The van der Waals surface area contributed by atoms with Gasteiger partial charge in [0.25, 0.3) is 0 Å². The first-order valence-corrected chi connectivity index (χ1v) is 10.6. The first-order chi connectivity index (χ1) is 15.0. The number of halogens is 1. The van der Waals surface area contributed by atoms with Gasteiger partial charge in [-0.05, 0) is 48.4 Å². The van der Waals surface area contributed by atoms with Crippen LogP contribution in [0.3, 0.4) is 0 Å². The van der Waals surface area contributed by atoms with Crippen molar-refractivity contribution in [3.8, 4) is 0 Å². The standard InChI is InChI=1S/C27H20ClNO2/c1-17-5-4-7-20(15-17)23-16-24(30)25(27(31)19-9-11-21(28)12-10-19)26-22-8-3-2-6-18(22)13-14-29(23)26/h2-15,23H,16H2,1H3. The molecule has 31 heavy (non-hydrogen) atoms. The van der Waals surface area contributed by atoms with Crippen LogP contribution in [0, 0.1) is 6.92 Å². The number of nitrogens with zero attached hydrogens (tertiary/aromatic N) is 1. The molecule has 1 unspecified atom stereocenters. The van der Waals surface area contributed by atoms with Gasteiger partial charge in [0.1, 0.15) is 0 Å². The molecular weight excluding hydrogens is 406 g/mol. The van der Waals surface area contributed by atoms with Crippen LogP contribution in [0.2, 0.25) is 5.02 Å². The van der Waals surface area contributed by atoms with E-state index < -0.39 is 0 Å². The fourth-order valence-corrected chi connectivity index (χ4v) is 4.53. The molecule has 0 aliphatic carbocycles. The normalized spacial score (nSPS) is 17.4. The monoisotopic (exact) mass is 425 g/mol. The first kappa shape index (κ1) is 19.5. The van der Waals surface area contributed by atoms with Crippen molar-refractivity contribution in [2.45, 2.75) is 19.4 Å². The Morgan fingerprint density at radius 2 is 1.77 bits per heavy atom. The molecular formula is C27H20ClNO2. The van der Waals surface area contributed by atoms with E-state index in [1.54, 1.807) is 24.3 Å². The van der Waals surface area contributed by atoms with E-state index in [2.05, 4.69) is 11.0 Å². The highest BCUT2D eigenvalue weighted by Gasteiger charge is 2.39. The molecule has 0 saturated carbocycles. The van der Waals surface area contributed by atoms with Crippen molar-refractivity contribution in [2.24, 2.45) is 0 Å². The number of aryl methyl sites for hydroxylation is 1. The lowest BCUT2D eigenvalue weighted by Crippen LogP contribution is -2.35. The van der Waals surface area contributed by atoms with E-state index in [4.69, 9.17) is 11.6 Å². The molecule has 0 N–H and O–H groups in total. The van der Waals surface area contributed by atoms with E-state index >= 15 is 0 Å². The summed E-state index contributed by atoms with van der Waals surface area (Å²) in [6.07, 6.45) is 4.28. The molecule has 0 fully saturated rings. The smallest absolute Gasteiger partial charge is 0.198 e. The molecule has 0 bridgehead atoms. The topological polar surface area (TPSA) is 37.4 Å². The molecule has 0 radical (unpaired) electrons. The quantitative estimate of drug-likeness (QED) is 0.368. The number of fused-ring (bicyclic) bond motifs is 3. The largest absolute Gasteiger partial charge is 0.339 e. The van der Waals surface area contributed by atoms with Crippen molar-refractivity contribution in [1.82, 2.24) is 4.90 Å². The van der Waals surface area contributed by atoms with Crippen molar-refractivity contribution >= 4 is 34.9 Å². The molecule has 2 heterocycles. The van der Waals surface area contributed by atoms with Crippen molar-refractivity contribution in [2.75, 3.05) is 0 Å². The van der Waals surface area contributed by atoms with Crippen LogP contribution >= 0.6 is 11.6 Å². The van der Waals surface area contributed by atoms with Gasteiger partial charge in [-0.25, -0.2) is 0 Å². The van der Waals surface area contributed by atoms with Gasteiger partial charge in [0.15, 0.2) is 11.6 Å². The SMILES string of the molecule is Cc1cccc(C2CC(=O)C(C(=O)c3ccc(Cl)cc3)=C3c4ccccc4C=CN32)c1. The average molecular weight is 426 g/mol. The summed E-state index contributed by atoms with van der Waals surface area (Å²) < 4.78 is 0. The Labute approximate surface area is 186 Å². The summed E-state index contributed by atoms with van der Waals surface area (Å²) in [4.78, 5) is 29.0. The van der Waals surface area contributed by atoms with Crippen molar-refractivity contribution < 1.29 is 9.59 Å². The number of hydrogen-bond acceptors (Lipinski definition) is 3. The minimum absolute atomic E-state index is 0.136. The molecule has 1 atom stereocenters. The maximum Gasteiger partial charge on any atom is 0.198 e. The summed E-state index contributed by atoms with van der Waals surface area (Å²) >= 11 is 6.00. The summed E-state index contributed by atoms with van der Waals surface area (Å²) in [5.41, 5.74) is 5.47. The molecule has 0 aromatic heterocycles. The Kier molecular flexibility index (Phi) is 4.84. The zero-order valence-electron chi connectivity index (χ0n) is 17.0. The molecule has 2 aliphatic rings. The molecule has 3 aromatic carbocycles. The Hall–Kier alpha value is -3.43. The summed E-state index contributed by atoms with van der Waals surface area (Å²) in [5, 5.41) is 0.552.